The minimum atomic E-state index is 0.979. The number of fused-ring (bicyclic) bond motifs is 3. The van der Waals surface area contributed by atoms with Crippen LogP contribution >= 0.6 is 22.9 Å². The van der Waals surface area contributed by atoms with Crippen LogP contribution in [0.5, 0.6) is 0 Å². The van der Waals surface area contributed by atoms with Gasteiger partial charge >= 0.3 is 0 Å². The van der Waals surface area contributed by atoms with Crippen molar-refractivity contribution in [2.24, 2.45) is 0 Å². The molecule has 1 aliphatic rings. The first-order chi connectivity index (χ1) is 6.84. The zero-order valence-corrected chi connectivity index (χ0v) is 9.69. The fourth-order valence-corrected chi connectivity index (χ4v) is 2.56. The van der Waals surface area contributed by atoms with Crippen molar-refractivity contribution in [3.8, 4) is 0 Å². The molecule has 3 nitrogen and oxygen atoms in total. The van der Waals surface area contributed by atoms with Crippen LogP contribution in [0.1, 0.15) is 11.1 Å². The average molecular weight is 300 g/mol. The molecule has 0 unspecified atom stereocenters. The SMILES string of the molecule is IN1CCc2c(ccc3cnoc23)C1. The van der Waals surface area contributed by atoms with Gasteiger partial charge in [-0.15, -0.1) is 0 Å². The Bertz CT molecular complexity index is 480. The first-order valence-electron chi connectivity index (χ1n) is 4.60. The predicted molar refractivity (Wildman–Crippen MR) is 62.1 cm³/mol. The lowest BCUT2D eigenvalue weighted by Crippen LogP contribution is -2.21. The lowest BCUT2D eigenvalue weighted by molar-refractivity contribution is 0.441. The molecule has 0 N–H and O–H groups in total. The molecule has 2 aromatic rings. The molecule has 0 fully saturated rings. The van der Waals surface area contributed by atoms with Gasteiger partial charge in [-0.05, 0) is 18.1 Å². The molecule has 1 aromatic heterocycles. The van der Waals surface area contributed by atoms with E-state index in [0.717, 1.165) is 30.5 Å². The summed E-state index contributed by atoms with van der Waals surface area (Å²) < 4.78 is 7.57. The van der Waals surface area contributed by atoms with Crippen molar-refractivity contribution in [3.63, 3.8) is 0 Å². The number of rotatable bonds is 0. The van der Waals surface area contributed by atoms with Crippen LogP contribution in [0.25, 0.3) is 11.0 Å². The summed E-state index contributed by atoms with van der Waals surface area (Å²) in [6.45, 7) is 2.10. The summed E-state index contributed by atoms with van der Waals surface area (Å²) in [7, 11) is 0. The van der Waals surface area contributed by atoms with E-state index in [2.05, 4.69) is 43.3 Å². The molecule has 1 aromatic carbocycles. The third kappa shape index (κ3) is 1.25. The second-order valence-corrected chi connectivity index (χ2v) is 4.91. The van der Waals surface area contributed by atoms with Gasteiger partial charge in [0.2, 0.25) is 0 Å². The highest BCUT2D eigenvalue weighted by molar-refractivity contribution is 14.1. The second-order valence-electron chi connectivity index (χ2n) is 3.54. The van der Waals surface area contributed by atoms with Crippen molar-refractivity contribution in [2.45, 2.75) is 13.0 Å². The Balaban J connectivity index is 2.24. The molecule has 0 bridgehead atoms. The smallest absolute Gasteiger partial charge is 0.170 e. The predicted octanol–water partition coefficient (Wildman–Crippen LogP) is 2.54. The first-order valence-corrected chi connectivity index (χ1v) is 5.57. The van der Waals surface area contributed by atoms with E-state index in [4.69, 9.17) is 4.52 Å². The first kappa shape index (κ1) is 8.67. The third-order valence-corrected chi connectivity index (χ3v) is 3.49. The normalized spacial score (nSPS) is 17.2. The summed E-state index contributed by atoms with van der Waals surface area (Å²) in [6.07, 6.45) is 2.84. The Kier molecular flexibility index (Phi) is 1.98. The van der Waals surface area contributed by atoms with E-state index in [1.807, 2.05) is 0 Å². The van der Waals surface area contributed by atoms with Gasteiger partial charge in [-0.2, -0.15) is 0 Å². The van der Waals surface area contributed by atoms with E-state index in [-0.39, 0.29) is 0 Å². The summed E-state index contributed by atoms with van der Waals surface area (Å²) in [5.74, 6) is 0. The van der Waals surface area contributed by atoms with Crippen LogP contribution in [-0.2, 0) is 13.0 Å². The fourth-order valence-electron chi connectivity index (χ4n) is 1.95. The lowest BCUT2D eigenvalue weighted by Gasteiger charge is -2.22. The number of nitrogens with zero attached hydrogens (tertiary/aromatic N) is 2. The van der Waals surface area contributed by atoms with Crippen molar-refractivity contribution >= 4 is 33.8 Å². The second kappa shape index (κ2) is 3.20. The van der Waals surface area contributed by atoms with Gasteiger partial charge < -0.3 is 4.52 Å². The molecule has 2 heterocycles. The Morgan fingerprint density at radius 3 is 3.29 bits per heavy atom. The average Bonchev–Trinajstić information content (AvgIpc) is 2.65. The van der Waals surface area contributed by atoms with E-state index in [0.29, 0.717) is 0 Å². The highest BCUT2D eigenvalue weighted by Gasteiger charge is 2.18. The molecule has 4 heteroatoms. The molecule has 1 aliphatic heterocycles. The van der Waals surface area contributed by atoms with Gasteiger partial charge in [0, 0.05) is 46.9 Å². The molecule has 0 aliphatic carbocycles. The fraction of sp³-hybridized carbons (Fsp3) is 0.300. The highest BCUT2D eigenvalue weighted by Crippen LogP contribution is 2.28. The van der Waals surface area contributed by atoms with Crippen molar-refractivity contribution in [1.29, 1.82) is 0 Å². The van der Waals surface area contributed by atoms with Gasteiger partial charge in [0.1, 0.15) is 0 Å². The van der Waals surface area contributed by atoms with Crippen molar-refractivity contribution in [1.82, 2.24) is 8.27 Å². The van der Waals surface area contributed by atoms with Crippen molar-refractivity contribution in [3.05, 3.63) is 29.5 Å². The van der Waals surface area contributed by atoms with Crippen LogP contribution in [0.3, 0.4) is 0 Å². The standard InChI is InChI=1S/C10H9IN2O/c11-13-4-3-9-8(6-13)2-1-7-5-12-14-10(7)9/h1-2,5H,3-4,6H2. The van der Waals surface area contributed by atoms with Crippen LogP contribution in [0.15, 0.2) is 22.9 Å². The topological polar surface area (TPSA) is 29.3 Å². The summed E-state index contributed by atoms with van der Waals surface area (Å²) in [5, 5.41) is 4.95. The maximum absolute atomic E-state index is 5.28. The quantitative estimate of drug-likeness (QED) is 0.553. The largest absolute Gasteiger partial charge is 0.356 e. The van der Waals surface area contributed by atoms with E-state index in [9.17, 15) is 0 Å². The number of hydrogen-bond donors (Lipinski definition) is 0. The molecule has 14 heavy (non-hydrogen) atoms. The van der Waals surface area contributed by atoms with Crippen molar-refractivity contribution < 1.29 is 4.52 Å². The third-order valence-electron chi connectivity index (χ3n) is 2.67. The molecule has 0 saturated heterocycles. The van der Waals surface area contributed by atoms with E-state index >= 15 is 0 Å². The molecule has 0 radical (unpaired) electrons. The van der Waals surface area contributed by atoms with Gasteiger partial charge in [-0.1, -0.05) is 11.2 Å². The molecule has 0 atom stereocenters. The molecule has 72 valence electrons. The molecule has 3 rings (SSSR count). The maximum Gasteiger partial charge on any atom is 0.170 e. The van der Waals surface area contributed by atoms with Gasteiger partial charge in [0.25, 0.3) is 0 Å². The number of aromatic nitrogens is 1. The van der Waals surface area contributed by atoms with Gasteiger partial charge in [0.15, 0.2) is 5.58 Å². The van der Waals surface area contributed by atoms with E-state index < -0.39 is 0 Å². The van der Waals surface area contributed by atoms with E-state index in [1.54, 1.807) is 6.20 Å². The summed E-state index contributed by atoms with van der Waals surface area (Å²) >= 11 is 2.36. The maximum atomic E-state index is 5.28. The Labute approximate surface area is 95.5 Å². The molecule has 0 spiro atoms. The molecule has 0 amide bonds. The molecular weight excluding hydrogens is 291 g/mol. The summed E-state index contributed by atoms with van der Waals surface area (Å²) in [4.78, 5) is 0. The highest BCUT2D eigenvalue weighted by atomic mass is 127. The number of hydrogen-bond acceptors (Lipinski definition) is 3. The minimum Gasteiger partial charge on any atom is -0.356 e. The van der Waals surface area contributed by atoms with Crippen LogP contribution in [0.4, 0.5) is 0 Å². The zero-order chi connectivity index (χ0) is 9.54. The van der Waals surface area contributed by atoms with Crippen LogP contribution in [0.2, 0.25) is 0 Å². The van der Waals surface area contributed by atoms with Crippen molar-refractivity contribution in [2.75, 3.05) is 6.54 Å². The summed E-state index contributed by atoms with van der Waals surface area (Å²) in [6, 6.07) is 4.26. The van der Waals surface area contributed by atoms with E-state index in [1.165, 1.54) is 11.1 Å². The Morgan fingerprint density at radius 2 is 2.36 bits per heavy atom. The molecular formula is C10H9IN2O. The summed E-state index contributed by atoms with van der Waals surface area (Å²) in [5.41, 5.74) is 3.69. The van der Waals surface area contributed by atoms with Gasteiger partial charge in [-0.25, -0.2) is 3.11 Å². The number of halogens is 1. The van der Waals surface area contributed by atoms with Crippen LogP contribution < -0.4 is 0 Å². The Hall–Kier alpha value is -0.620. The zero-order valence-electron chi connectivity index (χ0n) is 7.53. The molecule has 0 saturated carbocycles. The van der Waals surface area contributed by atoms with Crippen LogP contribution in [0, 0.1) is 0 Å². The Morgan fingerprint density at radius 1 is 1.43 bits per heavy atom. The monoisotopic (exact) mass is 300 g/mol. The number of benzene rings is 1. The van der Waals surface area contributed by atoms with Crippen LogP contribution in [-0.4, -0.2) is 14.8 Å². The lowest BCUT2D eigenvalue weighted by atomic mass is 9.99. The van der Waals surface area contributed by atoms with Gasteiger partial charge in [-0.3, -0.25) is 0 Å². The minimum absolute atomic E-state index is 0.979. The van der Waals surface area contributed by atoms with Gasteiger partial charge in [0.05, 0.1) is 6.20 Å².